The maximum atomic E-state index is 12.9. The summed E-state index contributed by atoms with van der Waals surface area (Å²) in [5, 5.41) is -1.13. The number of ketones is 1. The predicted octanol–water partition coefficient (Wildman–Crippen LogP) is 1.97. The molecule has 1 aromatic carbocycles. The van der Waals surface area contributed by atoms with Gasteiger partial charge in [-0.15, -0.1) is 0 Å². The molecule has 0 aliphatic carbocycles. The van der Waals surface area contributed by atoms with Gasteiger partial charge in [0.1, 0.15) is 11.1 Å². The van der Waals surface area contributed by atoms with E-state index in [1.807, 2.05) is 0 Å². The first-order valence-corrected chi connectivity index (χ1v) is 6.46. The smallest absolute Gasteiger partial charge is 0.188 e. The fourth-order valence-electron chi connectivity index (χ4n) is 1.31. The third kappa shape index (κ3) is 2.47. The highest BCUT2D eigenvalue weighted by Crippen LogP contribution is 2.18. The molecule has 3 nitrogen and oxygen atoms in total. The van der Waals surface area contributed by atoms with Gasteiger partial charge in [-0.1, -0.05) is 13.0 Å². The van der Waals surface area contributed by atoms with Gasteiger partial charge >= 0.3 is 0 Å². The molecule has 16 heavy (non-hydrogen) atoms. The fourth-order valence-corrected chi connectivity index (χ4v) is 2.77. The number of benzene rings is 1. The summed E-state index contributed by atoms with van der Waals surface area (Å²) in [5.41, 5.74) is 0. The van der Waals surface area contributed by atoms with Gasteiger partial charge in [-0.3, -0.25) is 4.79 Å². The maximum absolute atomic E-state index is 12.9. The molecule has 0 aromatic heterocycles. The van der Waals surface area contributed by atoms with Crippen molar-refractivity contribution in [3.63, 3.8) is 0 Å². The molecule has 0 radical (unpaired) electrons. The molecule has 0 saturated heterocycles. The van der Waals surface area contributed by atoms with E-state index in [1.165, 1.54) is 19.1 Å². The molecule has 0 aliphatic heterocycles. The lowest BCUT2D eigenvalue weighted by atomic mass is 10.2. The minimum Gasteiger partial charge on any atom is -0.298 e. The van der Waals surface area contributed by atoms with Crippen molar-refractivity contribution in [2.75, 3.05) is 0 Å². The molecule has 0 fully saturated rings. The van der Waals surface area contributed by atoms with Gasteiger partial charge in [0, 0.05) is 6.42 Å². The Balaban J connectivity index is 3.17. The van der Waals surface area contributed by atoms with Gasteiger partial charge in [-0.05, 0) is 25.1 Å². The third-order valence-corrected chi connectivity index (χ3v) is 4.50. The number of halogens is 1. The van der Waals surface area contributed by atoms with E-state index in [2.05, 4.69) is 0 Å². The van der Waals surface area contributed by atoms with E-state index in [9.17, 15) is 17.6 Å². The van der Waals surface area contributed by atoms with Crippen LogP contribution in [0.1, 0.15) is 20.3 Å². The van der Waals surface area contributed by atoms with Crippen molar-refractivity contribution >= 4 is 15.6 Å². The number of sulfone groups is 1. The van der Waals surface area contributed by atoms with Crippen molar-refractivity contribution < 1.29 is 17.6 Å². The van der Waals surface area contributed by atoms with Crippen LogP contribution in [-0.2, 0) is 14.6 Å². The number of carbonyl (C=O) groups excluding carboxylic acids is 1. The first kappa shape index (κ1) is 12.8. The number of hydrogen-bond acceptors (Lipinski definition) is 3. The number of Topliss-reactive ketones (excluding diaryl/α,β-unsaturated/α-hetero) is 1. The van der Waals surface area contributed by atoms with E-state index < -0.39 is 20.9 Å². The normalized spacial score (nSPS) is 13.4. The molecule has 5 heteroatoms. The van der Waals surface area contributed by atoms with Gasteiger partial charge in [-0.25, -0.2) is 12.8 Å². The molecule has 88 valence electrons. The molecule has 1 atom stereocenters. The highest BCUT2D eigenvalue weighted by atomic mass is 32.2. The summed E-state index contributed by atoms with van der Waals surface area (Å²) in [6.45, 7) is 2.92. The van der Waals surface area contributed by atoms with Crippen LogP contribution in [0.3, 0.4) is 0 Å². The SMILES string of the molecule is CCC(=O)C(C)S(=O)(=O)c1cccc(F)c1. The summed E-state index contributed by atoms with van der Waals surface area (Å²) in [5.74, 6) is -0.999. The van der Waals surface area contributed by atoms with Crippen LogP contribution in [0.4, 0.5) is 4.39 Å². The number of carbonyl (C=O) groups is 1. The molecule has 0 N–H and O–H groups in total. The van der Waals surface area contributed by atoms with Crippen molar-refractivity contribution in [2.24, 2.45) is 0 Å². The van der Waals surface area contributed by atoms with E-state index in [0.29, 0.717) is 0 Å². The van der Waals surface area contributed by atoms with Gasteiger partial charge in [-0.2, -0.15) is 0 Å². The van der Waals surface area contributed by atoms with Gasteiger partial charge in [0.25, 0.3) is 0 Å². The van der Waals surface area contributed by atoms with E-state index in [1.54, 1.807) is 6.92 Å². The molecule has 0 amide bonds. The highest BCUT2D eigenvalue weighted by molar-refractivity contribution is 7.92. The Morgan fingerprint density at radius 2 is 2.06 bits per heavy atom. The van der Waals surface area contributed by atoms with Crippen LogP contribution in [0.25, 0.3) is 0 Å². The zero-order valence-corrected chi connectivity index (χ0v) is 9.92. The lowest BCUT2D eigenvalue weighted by Crippen LogP contribution is -2.26. The molecule has 0 spiro atoms. The van der Waals surface area contributed by atoms with E-state index in [4.69, 9.17) is 0 Å². The lowest BCUT2D eigenvalue weighted by molar-refractivity contribution is -0.118. The molecule has 1 unspecified atom stereocenters. The van der Waals surface area contributed by atoms with Gasteiger partial charge < -0.3 is 0 Å². The first-order chi connectivity index (χ1) is 7.39. The second-order valence-corrected chi connectivity index (χ2v) is 5.73. The van der Waals surface area contributed by atoms with E-state index in [-0.39, 0.29) is 17.1 Å². The summed E-state index contributed by atoms with van der Waals surface area (Å²) >= 11 is 0. The summed E-state index contributed by atoms with van der Waals surface area (Å²) in [4.78, 5) is 11.2. The second-order valence-electron chi connectivity index (χ2n) is 3.46. The Hall–Kier alpha value is -1.23. The largest absolute Gasteiger partial charge is 0.298 e. The van der Waals surface area contributed by atoms with Crippen LogP contribution < -0.4 is 0 Å². The van der Waals surface area contributed by atoms with E-state index in [0.717, 1.165) is 12.1 Å². The van der Waals surface area contributed by atoms with Gasteiger partial charge in [0.15, 0.2) is 15.6 Å². The Kier molecular flexibility index (Phi) is 3.80. The molecule has 1 aromatic rings. The van der Waals surface area contributed by atoms with Crippen molar-refractivity contribution in [2.45, 2.75) is 30.4 Å². The van der Waals surface area contributed by atoms with Crippen molar-refractivity contribution in [1.82, 2.24) is 0 Å². The number of hydrogen-bond donors (Lipinski definition) is 0. The molecular weight excluding hydrogens is 231 g/mol. The molecule has 1 rings (SSSR count). The molecule has 0 saturated carbocycles. The Labute approximate surface area is 94.2 Å². The zero-order chi connectivity index (χ0) is 12.3. The van der Waals surface area contributed by atoms with Crippen molar-refractivity contribution in [1.29, 1.82) is 0 Å². The minimum atomic E-state index is -3.76. The average molecular weight is 244 g/mol. The summed E-state index contributed by atoms with van der Waals surface area (Å²) in [6.07, 6.45) is 0.149. The quantitative estimate of drug-likeness (QED) is 0.813. The van der Waals surface area contributed by atoms with Crippen LogP contribution in [-0.4, -0.2) is 19.5 Å². The van der Waals surface area contributed by atoms with Gasteiger partial charge in [0.2, 0.25) is 0 Å². The van der Waals surface area contributed by atoms with E-state index >= 15 is 0 Å². The number of rotatable bonds is 4. The summed E-state index contributed by atoms with van der Waals surface area (Å²) in [6, 6.07) is 4.68. The Morgan fingerprint density at radius 1 is 1.44 bits per heavy atom. The molecule has 0 bridgehead atoms. The van der Waals surface area contributed by atoms with Crippen LogP contribution in [0.2, 0.25) is 0 Å². The van der Waals surface area contributed by atoms with Crippen LogP contribution >= 0.6 is 0 Å². The summed E-state index contributed by atoms with van der Waals surface area (Å²) in [7, 11) is -3.76. The van der Waals surface area contributed by atoms with Crippen molar-refractivity contribution in [3.05, 3.63) is 30.1 Å². The molecule has 0 heterocycles. The third-order valence-electron chi connectivity index (χ3n) is 2.39. The van der Waals surface area contributed by atoms with Crippen LogP contribution in [0.15, 0.2) is 29.2 Å². The highest BCUT2D eigenvalue weighted by Gasteiger charge is 2.28. The Morgan fingerprint density at radius 3 is 2.56 bits per heavy atom. The summed E-state index contributed by atoms with van der Waals surface area (Å²) < 4.78 is 36.7. The van der Waals surface area contributed by atoms with Gasteiger partial charge in [0.05, 0.1) is 4.90 Å². The topological polar surface area (TPSA) is 51.2 Å². The minimum absolute atomic E-state index is 0.149. The Bertz CT molecular complexity index is 494. The van der Waals surface area contributed by atoms with Crippen LogP contribution in [0, 0.1) is 5.82 Å². The fraction of sp³-hybridized carbons (Fsp3) is 0.364. The maximum Gasteiger partial charge on any atom is 0.188 e. The molecular formula is C11H13FO3S. The second kappa shape index (κ2) is 4.74. The lowest BCUT2D eigenvalue weighted by Gasteiger charge is -2.10. The first-order valence-electron chi connectivity index (χ1n) is 4.91. The standard InChI is InChI=1S/C11H13FO3S/c1-3-11(13)8(2)16(14,15)10-6-4-5-9(12)7-10/h4-8H,3H2,1-2H3. The van der Waals surface area contributed by atoms with Crippen LogP contribution in [0.5, 0.6) is 0 Å². The monoisotopic (exact) mass is 244 g/mol. The van der Waals surface area contributed by atoms with Crippen molar-refractivity contribution in [3.8, 4) is 0 Å². The predicted molar refractivity (Wildman–Crippen MR) is 58.3 cm³/mol. The zero-order valence-electron chi connectivity index (χ0n) is 9.10. The molecule has 0 aliphatic rings. The average Bonchev–Trinajstić information content (AvgIpc) is 2.27.